The highest BCUT2D eigenvalue weighted by molar-refractivity contribution is 4.67. The van der Waals surface area contributed by atoms with E-state index in [1.807, 2.05) is 0 Å². The van der Waals surface area contributed by atoms with Crippen molar-refractivity contribution in [2.24, 2.45) is 5.41 Å². The van der Waals surface area contributed by atoms with Gasteiger partial charge in [0.2, 0.25) is 0 Å². The number of rotatable bonds is 16. The molecule has 0 radical (unpaired) electrons. The van der Waals surface area contributed by atoms with E-state index >= 15 is 0 Å². The van der Waals surface area contributed by atoms with Crippen molar-refractivity contribution in [3.63, 3.8) is 0 Å². The van der Waals surface area contributed by atoms with Crippen LogP contribution in [0.5, 0.6) is 0 Å². The zero-order chi connectivity index (χ0) is 16.7. The fourth-order valence-electron chi connectivity index (χ4n) is 3.20. The van der Waals surface area contributed by atoms with Gasteiger partial charge in [-0.05, 0) is 44.1 Å². The van der Waals surface area contributed by atoms with E-state index in [9.17, 15) is 5.11 Å². The molecule has 0 saturated heterocycles. The smallest absolute Gasteiger partial charge is 0.104 e. The van der Waals surface area contributed by atoms with E-state index in [-0.39, 0.29) is 6.23 Å². The summed E-state index contributed by atoms with van der Waals surface area (Å²) in [7, 11) is 0. The van der Waals surface area contributed by atoms with Gasteiger partial charge in [0.05, 0.1) is 0 Å². The highest BCUT2D eigenvalue weighted by atomic mass is 16.3. The molecule has 1 unspecified atom stereocenters. The molecule has 0 bridgehead atoms. The lowest BCUT2D eigenvalue weighted by molar-refractivity contribution is 0.124. The number of hydrogen-bond acceptors (Lipinski definition) is 2. The van der Waals surface area contributed by atoms with Gasteiger partial charge in [0.1, 0.15) is 6.23 Å². The van der Waals surface area contributed by atoms with Crippen molar-refractivity contribution >= 4 is 0 Å². The Hall–Kier alpha value is -0.0800. The van der Waals surface area contributed by atoms with Gasteiger partial charge in [0.15, 0.2) is 0 Å². The molecule has 0 rings (SSSR count). The van der Waals surface area contributed by atoms with E-state index in [0.29, 0.717) is 5.41 Å². The van der Waals surface area contributed by atoms with E-state index < -0.39 is 0 Å². The number of aliphatic hydroxyl groups excluding tert-OH is 1. The van der Waals surface area contributed by atoms with Crippen molar-refractivity contribution < 1.29 is 5.11 Å². The maximum atomic E-state index is 9.82. The lowest BCUT2D eigenvalue weighted by Gasteiger charge is -2.23. The van der Waals surface area contributed by atoms with Crippen LogP contribution in [0.25, 0.3) is 0 Å². The summed E-state index contributed by atoms with van der Waals surface area (Å²) in [4.78, 5) is 0. The van der Waals surface area contributed by atoms with Crippen molar-refractivity contribution in [1.82, 2.24) is 5.32 Å². The molecule has 0 aliphatic rings. The molecule has 2 heteroatoms. The van der Waals surface area contributed by atoms with Gasteiger partial charge in [0.25, 0.3) is 0 Å². The van der Waals surface area contributed by atoms with Crippen LogP contribution < -0.4 is 5.32 Å². The molecule has 0 aliphatic heterocycles. The van der Waals surface area contributed by atoms with Crippen molar-refractivity contribution in [2.45, 2.75) is 117 Å². The third-order valence-electron chi connectivity index (χ3n) is 4.67. The Bertz CT molecular complexity index is 228. The third-order valence-corrected chi connectivity index (χ3v) is 4.67. The van der Waals surface area contributed by atoms with Gasteiger partial charge in [0, 0.05) is 0 Å². The van der Waals surface area contributed by atoms with Crippen LogP contribution in [-0.2, 0) is 0 Å². The number of nitrogens with one attached hydrogen (secondary N) is 1. The summed E-state index contributed by atoms with van der Waals surface area (Å²) < 4.78 is 0. The second-order valence-electron chi connectivity index (χ2n) is 7.75. The third kappa shape index (κ3) is 14.8. The summed E-state index contributed by atoms with van der Waals surface area (Å²) in [5.41, 5.74) is 0.544. The van der Waals surface area contributed by atoms with Crippen LogP contribution in [0.4, 0.5) is 0 Å². The first kappa shape index (κ1) is 21.9. The monoisotopic (exact) mass is 313 g/mol. The van der Waals surface area contributed by atoms with Gasteiger partial charge in [-0.1, -0.05) is 79.1 Å². The van der Waals surface area contributed by atoms with E-state index in [4.69, 9.17) is 0 Å². The molecule has 2 N–H and O–H groups in total. The molecule has 0 aromatic heterocycles. The molecule has 1 atom stereocenters. The van der Waals surface area contributed by atoms with Crippen LogP contribution >= 0.6 is 0 Å². The van der Waals surface area contributed by atoms with Crippen LogP contribution in [0.2, 0.25) is 0 Å². The Labute approximate surface area is 140 Å². The molecular weight excluding hydrogens is 270 g/mol. The van der Waals surface area contributed by atoms with Crippen molar-refractivity contribution in [1.29, 1.82) is 0 Å². The standard InChI is InChI=1S/C20H43NO/c1-5-7-14-18-21-19(22)15-12-10-8-9-11-13-17-20(3,4)16-6-2/h19,21-22H,5-18H2,1-4H3. The molecule has 22 heavy (non-hydrogen) atoms. The largest absolute Gasteiger partial charge is 0.379 e. The Morgan fingerprint density at radius 1 is 0.773 bits per heavy atom. The Kier molecular flexibility index (Phi) is 14.5. The summed E-state index contributed by atoms with van der Waals surface area (Å²) >= 11 is 0. The number of hydrogen-bond donors (Lipinski definition) is 2. The molecule has 0 saturated carbocycles. The molecule has 0 spiro atoms. The number of aliphatic hydroxyl groups is 1. The second-order valence-corrected chi connectivity index (χ2v) is 7.75. The summed E-state index contributed by atoms with van der Waals surface area (Å²) in [6, 6.07) is 0. The Morgan fingerprint density at radius 2 is 1.41 bits per heavy atom. The average Bonchev–Trinajstić information content (AvgIpc) is 2.46. The van der Waals surface area contributed by atoms with Crippen LogP contribution in [0.15, 0.2) is 0 Å². The van der Waals surface area contributed by atoms with Gasteiger partial charge >= 0.3 is 0 Å². The minimum atomic E-state index is -0.285. The van der Waals surface area contributed by atoms with Crippen LogP contribution in [-0.4, -0.2) is 17.9 Å². The zero-order valence-electron chi connectivity index (χ0n) is 15.9. The summed E-state index contributed by atoms with van der Waals surface area (Å²) in [5.74, 6) is 0. The van der Waals surface area contributed by atoms with E-state index in [2.05, 4.69) is 33.0 Å². The van der Waals surface area contributed by atoms with Crippen molar-refractivity contribution in [2.75, 3.05) is 6.54 Å². The normalized spacial score (nSPS) is 13.5. The summed E-state index contributed by atoms with van der Waals surface area (Å²) in [6.45, 7) is 10.3. The molecule has 0 heterocycles. The lowest BCUT2D eigenvalue weighted by Crippen LogP contribution is -2.29. The molecule has 0 fully saturated rings. The molecule has 0 aromatic rings. The van der Waals surface area contributed by atoms with Crippen LogP contribution in [0.3, 0.4) is 0 Å². The highest BCUT2D eigenvalue weighted by Gasteiger charge is 2.15. The number of unbranched alkanes of at least 4 members (excludes halogenated alkanes) is 7. The Morgan fingerprint density at radius 3 is 2.05 bits per heavy atom. The van der Waals surface area contributed by atoms with E-state index in [1.165, 1.54) is 70.6 Å². The summed E-state index contributed by atoms with van der Waals surface area (Å²) in [6.07, 6.45) is 16.2. The quantitative estimate of drug-likeness (QED) is 0.269. The fraction of sp³-hybridized carbons (Fsp3) is 1.00. The zero-order valence-corrected chi connectivity index (χ0v) is 15.9. The first-order valence-electron chi connectivity index (χ1n) is 9.93. The average molecular weight is 314 g/mol. The minimum absolute atomic E-state index is 0.285. The molecular formula is C20H43NO. The van der Waals surface area contributed by atoms with E-state index in [1.54, 1.807) is 0 Å². The maximum absolute atomic E-state index is 9.82. The van der Waals surface area contributed by atoms with Crippen molar-refractivity contribution in [3.05, 3.63) is 0 Å². The fourth-order valence-corrected chi connectivity index (χ4v) is 3.20. The Balaban J connectivity index is 3.29. The topological polar surface area (TPSA) is 32.3 Å². The second kappa shape index (κ2) is 14.5. The van der Waals surface area contributed by atoms with Gasteiger partial charge in [-0.2, -0.15) is 0 Å². The molecule has 0 aliphatic carbocycles. The first-order valence-corrected chi connectivity index (χ1v) is 9.93. The predicted octanol–water partition coefficient (Wildman–Crippen LogP) is 6.03. The first-order chi connectivity index (χ1) is 10.5. The maximum Gasteiger partial charge on any atom is 0.104 e. The minimum Gasteiger partial charge on any atom is -0.379 e. The van der Waals surface area contributed by atoms with Gasteiger partial charge in [-0.25, -0.2) is 0 Å². The molecule has 134 valence electrons. The van der Waals surface area contributed by atoms with Crippen molar-refractivity contribution in [3.8, 4) is 0 Å². The molecule has 0 amide bonds. The molecule has 0 aromatic carbocycles. The predicted molar refractivity (Wildman–Crippen MR) is 99.2 cm³/mol. The van der Waals surface area contributed by atoms with Gasteiger partial charge in [-0.15, -0.1) is 0 Å². The van der Waals surface area contributed by atoms with E-state index in [0.717, 1.165) is 19.4 Å². The van der Waals surface area contributed by atoms with Crippen LogP contribution in [0.1, 0.15) is 111 Å². The van der Waals surface area contributed by atoms with Crippen LogP contribution in [0, 0.1) is 5.41 Å². The lowest BCUT2D eigenvalue weighted by atomic mass is 9.83. The summed E-state index contributed by atoms with van der Waals surface area (Å²) in [5, 5.41) is 13.0. The SMILES string of the molecule is CCCCCNC(O)CCCCCCCCC(C)(C)CCC. The van der Waals surface area contributed by atoms with Gasteiger partial charge < -0.3 is 5.11 Å². The van der Waals surface area contributed by atoms with Gasteiger partial charge in [-0.3, -0.25) is 5.32 Å². The highest BCUT2D eigenvalue weighted by Crippen LogP contribution is 2.29. The molecule has 2 nitrogen and oxygen atoms in total.